The van der Waals surface area contributed by atoms with E-state index in [2.05, 4.69) is 4.72 Å². The van der Waals surface area contributed by atoms with Gasteiger partial charge in [0.1, 0.15) is 5.75 Å². The summed E-state index contributed by atoms with van der Waals surface area (Å²) < 4.78 is 33.6. The van der Waals surface area contributed by atoms with Crippen LogP contribution in [-0.2, 0) is 10.0 Å². The molecule has 0 atom stereocenters. The van der Waals surface area contributed by atoms with Crippen molar-refractivity contribution in [2.45, 2.75) is 38.5 Å². The molecule has 0 aliphatic heterocycles. The molecule has 1 N–H and O–H groups in total. The third kappa shape index (κ3) is 3.67. The summed E-state index contributed by atoms with van der Waals surface area (Å²) in [6.07, 6.45) is 0. The molecule has 2 aromatic carbocycles. The third-order valence-electron chi connectivity index (χ3n) is 3.81. The Bertz CT molecular complexity index is 811. The van der Waals surface area contributed by atoms with Crippen LogP contribution >= 0.6 is 0 Å². The highest BCUT2D eigenvalue weighted by Crippen LogP contribution is 2.29. The number of para-hydroxylation sites is 1. The van der Waals surface area contributed by atoms with Gasteiger partial charge in [-0.1, -0.05) is 32.0 Å². The number of hydrogen-bond donors (Lipinski definition) is 1. The van der Waals surface area contributed by atoms with Crippen LogP contribution in [-0.4, -0.2) is 15.5 Å². The van der Waals surface area contributed by atoms with E-state index in [0.29, 0.717) is 17.0 Å². The lowest BCUT2D eigenvalue weighted by atomic mass is 10.0. The maximum Gasteiger partial charge on any atom is 0.262 e. The quantitative estimate of drug-likeness (QED) is 0.890. The molecule has 23 heavy (non-hydrogen) atoms. The molecular weight excluding hydrogens is 310 g/mol. The first-order valence-electron chi connectivity index (χ1n) is 7.53. The highest BCUT2D eigenvalue weighted by molar-refractivity contribution is 7.92. The molecule has 4 nitrogen and oxygen atoms in total. The monoisotopic (exact) mass is 333 g/mol. The van der Waals surface area contributed by atoms with Crippen molar-refractivity contribution >= 4 is 15.7 Å². The van der Waals surface area contributed by atoms with Crippen molar-refractivity contribution in [3.63, 3.8) is 0 Å². The highest BCUT2D eigenvalue weighted by Gasteiger charge is 2.20. The van der Waals surface area contributed by atoms with Gasteiger partial charge in [-0.15, -0.1) is 0 Å². The van der Waals surface area contributed by atoms with E-state index in [1.165, 1.54) is 0 Å². The fourth-order valence-electron chi connectivity index (χ4n) is 2.57. The molecule has 0 bridgehead atoms. The van der Waals surface area contributed by atoms with E-state index in [1.54, 1.807) is 32.2 Å². The summed E-state index contributed by atoms with van der Waals surface area (Å²) in [5, 5.41) is 0. The second kappa shape index (κ2) is 6.62. The van der Waals surface area contributed by atoms with Crippen LogP contribution in [0.25, 0.3) is 0 Å². The van der Waals surface area contributed by atoms with Gasteiger partial charge in [0.15, 0.2) is 0 Å². The molecular formula is C18H23NO3S. The summed E-state index contributed by atoms with van der Waals surface area (Å²) >= 11 is 0. The van der Waals surface area contributed by atoms with Gasteiger partial charge in [-0.05, 0) is 54.7 Å². The minimum Gasteiger partial charge on any atom is -0.496 e. The molecule has 5 heteroatoms. The van der Waals surface area contributed by atoms with Crippen LogP contribution in [0.5, 0.6) is 5.75 Å². The molecule has 0 aliphatic rings. The SMILES string of the molecule is COc1cc(C)c(S(=O)(=O)Nc2ccccc2C(C)C)cc1C. The normalized spacial score (nSPS) is 11.6. The second-order valence-corrected chi connectivity index (χ2v) is 7.59. The van der Waals surface area contributed by atoms with Gasteiger partial charge in [-0.3, -0.25) is 4.72 Å². The fraction of sp³-hybridized carbons (Fsp3) is 0.333. The minimum absolute atomic E-state index is 0.229. The largest absolute Gasteiger partial charge is 0.496 e. The van der Waals surface area contributed by atoms with Crippen LogP contribution in [0.4, 0.5) is 5.69 Å². The molecule has 0 saturated carbocycles. The molecule has 0 amide bonds. The number of aryl methyl sites for hydroxylation is 2. The van der Waals surface area contributed by atoms with E-state index >= 15 is 0 Å². The molecule has 2 rings (SSSR count). The van der Waals surface area contributed by atoms with Gasteiger partial charge >= 0.3 is 0 Å². The number of hydrogen-bond acceptors (Lipinski definition) is 3. The van der Waals surface area contributed by atoms with Crippen LogP contribution in [0.1, 0.15) is 36.5 Å². The zero-order valence-electron chi connectivity index (χ0n) is 14.2. The van der Waals surface area contributed by atoms with Crippen molar-refractivity contribution in [1.82, 2.24) is 0 Å². The topological polar surface area (TPSA) is 55.4 Å². The zero-order valence-corrected chi connectivity index (χ0v) is 15.0. The van der Waals surface area contributed by atoms with Crippen molar-refractivity contribution < 1.29 is 13.2 Å². The summed E-state index contributed by atoms with van der Waals surface area (Å²) in [7, 11) is -2.08. The summed E-state index contributed by atoms with van der Waals surface area (Å²) in [6, 6.07) is 10.9. The Balaban J connectivity index is 2.47. The van der Waals surface area contributed by atoms with E-state index in [1.807, 2.05) is 39.0 Å². The van der Waals surface area contributed by atoms with Crippen molar-refractivity contribution in [2.75, 3.05) is 11.8 Å². The molecule has 0 aromatic heterocycles. The molecule has 0 heterocycles. The maximum atomic E-state index is 12.8. The number of ether oxygens (including phenoxy) is 1. The summed E-state index contributed by atoms with van der Waals surface area (Å²) in [5.41, 5.74) is 3.03. The predicted molar refractivity (Wildman–Crippen MR) is 93.8 cm³/mol. The number of methoxy groups -OCH3 is 1. The van der Waals surface area contributed by atoms with E-state index in [0.717, 1.165) is 11.1 Å². The first-order valence-corrected chi connectivity index (χ1v) is 9.01. The zero-order chi connectivity index (χ0) is 17.2. The van der Waals surface area contributed by atoms with E-state index in [4.69, 9.17) is 4.74 Å². The number of anilines is 1. The van der Waals surface area contributed by atoms with Crippen LogP contribution in [0.3, 0.4) is 0 Å². The molecule has 0 aliphatic carbocycles. The molecule has 124 valence electrons. The Morgan fingerprint density at radius 1 is 1.04 bits per heavy atom. The predicted octanol–water partition coefficient (Wildman–Crippen LogP) is 4.24. The molecule has 0 fully saturated rings. The van der Waals surface area contributed by atoms with Gasteiger partial charge in [-0.2, -0.15) is 0 Å². The van der Waals surface area contributed by atoms with Crippen molar-refractivity contribution in [3.05, 3.63) is 53.1 Å². The smallest absolute Gasteiger partial charge is 0.262 e. The van der Waals surface area contributed by atoms with Crippen LogP contribution in [0.15, 0.2) is 41.3 Å². The lowest BCUT2D eigenvalue weighted by Crippen LogP contribution is -2.16. The summed E-state index contributed by atoms with van der Waals surface area (Å²) in [4.78, 5) is 0.273. The Morgan fingerprint density at radius 3 is 2.30 bits per heavy atom. The van der Waals surface area contributed by atoms with Crippen LogP contribution in [0, 0.1) is 13.8 Å². The molecule has 0 radical (unpaired) electrons. The minimum atomic E-state index is -3.65. The first-order chi connectivity index (χ1) is 10.8. The molecule has 0 spiro atoms. The van der Waals surface area contributed by atoms with Gasteiger partial charge in [0.2, 0.25) is 0 Å². The van der Waals surface area contributed by atoms with E-state index in [9.17, 15) is 8.42 Å². The average molecular weight is 333 g/mol. The highest BCUT2D eigenvalue weighted by atomic mass is 32.2. The summed E-state index contributed by atoms with van der Waals surface area (Å²) in [5.74, 6) is 0.914. The van der Waals surface area contributed by atoms with Crippen molar-refractivity contribution in [3.8, 4) is 5.75 Å². The van der Waals surface area contributed by atoms with Crippen LogP contribution in [0.2, 0.25) is 0 Å². The van der Waals surface area contributed by atoms with E-state index in [-0.39, 0.29) is 10.8 Å². The Morgan fingerprint density at radius 2 is 1.70 bits per heavy atom. The van der Waals surface area contributed by atoms with Crippen molar-refractivity contribution in [1.29, 1.82) is 0 Å². The number of nitrogens with one attached hydrogen (secondary N) is 1. The lowest BCUT2D eigenvalue weighted by molar-refractivity contribution is 0.411. The van der Waals surface area contributed by atoms with Crippen molar-refractivity contribution in [2.24, 2.45) is 0 Å². The van der Waals surface area contributed by atoms with Gasteiger partial charge in [-0.25, -0.2) is 8.42 Å². The number of sulfonamides is 1. The number of rotatable bonds is 5. The van der Waals surface area contributed by atoms with E-state index < -0.39 is 10.0 Å². The third-order valence-corrected chi connectivity index (χ3v) is 5.32. The summed E-state index contributed by atoms with van der Waals surface area (Å²) in [6.45, 7) is 7.68. The van der Waals surface area contributed by atoms with Gasteiger partial charge < -0.3 is 4.74 Å². The van der Waals surface area contributed by atoms with Gasteiger partial charge in [0.25, 0.3) is 10.0 Å². The molecule has 0 saturated heterocycles. The molecule has 0 unspecified atom stereocenters. The second-order valence-electron chi connectivity index (χ2n) is 5.93. The Hall–Kier alpha value is -2.01. The first kappa shape index (κ1) is 17.3. The van der Waals surface area contributed by atoms with Gasteiger partial charge in [0, 0.05) is 0 Å². The van der Waals surface area contributed by atoms with Crippen LogP contribution < -0.4 is 9.46 Å². The molecule has 2 aromatic rings. The standard InChI is InChI=1S/C18H23NO3S/c1-12(2)15-8-6-7-9-16(15)19-23(20,21)18-11-13(3)17(22-5)10-14(18)4/h6-12,19H,1-5H3. The maximum absolute atomic E-state index is 12.8. The lowest BCUT2D eigenvalue weighted by Gasteiger charge is -2.17. The number of benzene rings is 2. The fourth-order valence-corrected chi connectivity index (χ4v) is 3.97. The average Bonchev–Trinajstić information content (AvgIpc) is 2.48. The van der Waals surface area contributed by atoms with Gasteiger partial charge in [0.05, 0.1) is 17.7 Å². The Labute approximate surface area is 138 Å². The Kier molecular flexibility index (Phi) is 5.00.